The van der Waals surface area contributed by atoms with Crippen molar-refractivity contribution in [3.8, 4) is 11.1 Å². The second-order valence-corrected chi connectivity index (χ2v) is 12.7. The van der Waals surface area contributed by atoms with Crippen LogP contribution in [0.1, 0.15) is 56.6 Å². The topological polar surface area (TPSA) is 147 Å². The molecule has 0 bridgehead atoms. The summed E-state index contributed by atoms with van der Waals surface area (Å²) in [5.74, 6) is -0.223. The highest BCUT2D eigenvalue weighted by Gasteiger charge is 2.25. The third kappa shape index (κ3) is 6.75. The van der Waals surface area contributed by atoms with Crippen LogP contribution in [0, 0.1) is 12.7 Å². The van der Waals surface area contributed by atoms with Crippen LogP contribution in [0.25, 0.3) is 21.9 Å². The number of aryl methyl sites for hydroxylation is 1. The number of fused-ring (bicyclic) bond motifs is 2. The van der Waals surface area contributed by atoms with E-state index in [1.165, 1.54) is 17.3 Å². The third-order valence-electron chi connectivity index (χ3n) is 7.41. The molecular weight excluding hydrogens is 593 g/mol. The number of amides is 3. The van der Waals surface area contributed by atoms with Crippen LogP contribution in [0.2, 0.25) is 0 Å². The van der Waals surface area contributed by atoms with Crippen LogP contribution in [-0.2, 0) is 22.5 Å². The first-order valence-electron chi connectivity index (χ1n) is 14.9. The minimum Gasteiger partial charge on any atom is -0.444 e. The second kappa shape index (κ2) is 12.3. The van der Waals surface area contributed by atoms with Gasteiger partial charge in [-0.2, -0.15) is 5.10 Å². The second-order valence-electron chi connectivity index (χ2n) is 12.7. The molecule has 1 aliphatic rings. The SMILES string of the molecule is Cc1nc(C(=O)N(C)C)ncc1-c1cc2cc(Nc3cc4n(n3)CC(=O)N(C(C)C)CC4)ncc2c(NC(=O)OC(C)(C)C)c1F. The van der Waals surface area contributed by atoms with E-state index in [4.69, 9.17) is 4.74 Å². The summed E-state index contributed by atoms with van der Waals surface area (Å²) in [4.78, 5) is 54.1. The largest absolute Gasteiger partial charge is 0.444 e. The normalized spacial score (nSPS) is 13.4. The number of nitrogens with zero attached hydrogens (tertiary/aromatic N) is 7. The monoisotopic (exact) mass is 631 g/mol. The number of benzene rings is 1. The molecule has 0 atom stereocenters. The molecule has 0 radical (unpaired) electrons. The molecule has 242 valence electrons. The average Bonchev–Trinajstić information content (AvgIpc) is 3.25. The van der Waals surface area contributed by atoms with Crippen molar-refractivity contribution in [3.63, 3.8) is 0 Å². The fraction of sp³-hybridized carbons (Fsp3) is 0.406. The van der Waals surface area contributed by atoms with Gasteiger partial charge in [0.15, 0.2) is 11.6 Å². The zero-order chi connectivity index (χ0) is 33.5. The van der Waals surface area contributed by atoms with Crippen molar-refractivity contribution in [2.45, 2.75) is 66.2 Å². The van der Waals surface area contributed by atoms with Gasteiger partial charge in [0.1, 0.15) is 18.0 Å². The maximum atomic E-state index is 16.3. The Morgan fingerprint density at radius 1 is 1.07 bits per heavy atom. The number of carbonyl (C=O) groups is 3. The van der Waals surface area contributed by atoms with Gasteiger partial charge in [-0.1, -0.05) is 0 Å². The van der Waals surface area contributed by atoms with Crippen LogP contribution in [0.5, 0.6) is 0 Å². The molecule has 5 rings (SSSR count). The highest BCUT2D eigenvalue weighted by atomic mass is 19.1. The van der Waals surface area contributed by atoms with Gasteiger partial charge >= 0.3 is 6.09 Å². The standard InChI is InChI=1S/C32H38FN9O4/c1-17(2)41-10-9-20-13-25(39-42(20)16-26(41)43)37-24-12-19-11-21(22-14-35-29(36-18(22)3)30(44)40(7)8)27(33)28(23(19)15-34-24)38-31(45)46-32(4,5)6/h11-15,17H,9-10,16H2,1-8H3,(H,38,45)(H,34,37,39). The summed E-state index contributed by atoms with van der Waals surface area (Å²) >= 11 is 0. The maximum Gasteiger partial charge on any atom is 0.412 e. The molecule has 0 fully saturated rings. The Morgan fingerprint density at radius 2 is 1.80 bits per heavy atom. The van der Waals surface area contributed by atoms with Crippen molar-refractivity contribution in [2.75, 3.05) is 31.3 Å². The van der Waals surface area contributed by atoms with Crippen LogP contribution in [0.15, 0.2) is 30.6 Å². The highest BCUT2D eigenvalue weighted by molar-refractivity contribution is 6.04. The molecule has 13 nitrogen and oxygen atoms in total. The zero-order valence-corrected chi connectivity index (χ0v) is 27.2. The van der Waals surface area contributed by atoms with E-state index in [-0.39, 0.29) is 41.5 Å². The lowest BCUT2D eigenvalue weighted by Crippen LogP contribution is -2.38. The Bertz CT molecular complexity index is 1850. The van der Waals surface area contributed by atoms with Crippen LogP contribution in [-0.4, -0.2) is 84.7 Å². The first-order chi connectivity index (χ1) is 21.6. The summed E-state index contributed by atoms with van der Waals surface area (Å²) in [5.41, 5.74) is 0.794. The summed E-state index contributed by atoms with van der Waals surface area (Å²) in [6, 6.07) is 5.30. The lowest BCUT2D eigenvalue weighted by atomic mass is 9.99. The first kappa shape index (κ1) is 32.3. The molecule has 3 amide bonds. The Labute approximate surface area is 266 Å². The minimum atomic E-state index is -0.836. The first-order valence-corrected chi connectivity index (χ1v) is 14.9. The van der Waals surface area contributed by atoms with E-state index in [2.05, 4.69) is 30.7 Å². The molecule has 46 heavy (non-hydrogen) atoms. The van der Waals surface area contributed by atoms with Crippen LogP contribution in [0.3, 0.4) is 0 Å². The number of rotatable bonds is 6. The lowest BCUT2D eigenvalue weighted by molar-refractivity contribution is -0.133. The van der Waals surface area contributed by atoms with Gasteiger partial charge in [-0.15, -0.1) is 0 Å². The van der Waals surface area contributed by atoms with E-state index in [0.717, 1.165) is 5.69 Å². The number of anilines is 3. The van der Waals surface area contributed by atoms with E-state index < -0.39 is 17.5 Å². The van der Waals surface area contributed by atoms with Crippen LogP contribution >= 0.6 is 0 Å². The summed E-state index contributed by atoms with van der Waals surface area (Å²) < 4.78 is 23.4. The van der Waals surface area contributed by atoms with Gasteiger partial charge in [0.2, 0.25) is 11.7 Å². The number of carbonyl (C=O) groups excluding carboxylic acids is 3. The molecule has 4 heterocycles. The number of hydrogen-bond acceptors (Lipinski definition) is 9. The number of ether oxygens (including phenoxy) is 1. The van der Waals surface area contributed by atoms with Gasteiger partial charge in [-0.05, 0) is 59.1 Å². The Kier molecular flexibility index (Phi) is 8.65. The van der Waals surface area contributed by atoms with Gasteiger partial charge in [0, 0.05) is 79.5 Å². The molecule has 1 aromatic carbocycles. The van der Waals surface area contributed by atoms with E-state index in [9.17, 15) is 14.4 Å². The van der Waals surface area contributed by atoms with Crippen molar-refractivity contribution in [1.82, 2.24) is 34.5 Å². The zero-order valence-electron chi connectivity index (χ0n) is 27.2. The van der Waals surface area contributed by atoms with Crippen LogP contribution < -0.4 is 10.6 Å². The van der Waals surface area contributed by atoms with E-state index >= 15 is 4.39 Å². The highest BCUT2D eigenvalue weighted by Crippen LogP contribution is 2.37. The molecular formula is C32H38FN9O4. The average molecular weight is 632 g/mol. The van der Waals surface area contributed by atoms with Crippen molar-refractivity contribution in [2.24, 2.45) is 0 Å². The van der Waals surface area contributed by atoms with Gasteiger partial charge < -0.3 is 19.9 Å². The molecule has 1 aliphatic heterocycles. The molecule has 14 heteroatoms. The van der Waals surface area contributed by atoms with E-state index in [0.29, 0.717) is 46.6 Å². The smallest absolute Gasteiger partial charge is 0.412 e. The molecule has 2 N–H and O–H groups in total. The molecule has 0 aliphatic carbocycles. The van der Waals surface area contributed by atoms with Crippen molar-refractivity contribution in [3.05, 3.63) is 53.6 Å². The van der Waals surface area contributed by atoms with Crippen molar-refractivity contribution in [1.29, 1.82) is 0 Å². The molecule has 0 spiro atoms. The number of hydrogen-bond donors (Lipinski definition) is 2. The Hall–Kier alpha value is -5.14. The summed E-state index contributed by atoms with van der Waals surface area (Å²) in [7, 11) is 3.18. The molecule has 4 aromatic rings. The maximum absolute atomic E-state index is 16.3. The number of nitrogens with one attached hydrogen (secondary N) is 2. The minimum absolute atomic E-state index is 0.00480. The van der Waals surface area contributed by atoms with E-state index in [1.807, 2.05) is 24.8 Å². The number of pyridine rings is 1. The molecule has 0 saturated carbocycles. The summed E-state index contributed by atoms with van der Waals surface area (Å²) in [6.45, 7) is 11.5. The number of halogens is 1. The predicted molar refractivity (Wildman–Crippen MR) is 171 cm³/mol. The Balaban J connectivity index is 1.54. The summed E-state index contributed by atoms with van der Waals surface area (Å²) in [5, 5.41) is 11.2. The molecule has 3 aromatic heterocycles. The van der Waals surface area contributed by atoms with E-state index in [1.54, 1.807) is 58.6 Å². The van der Waals surface area contributed by atoms with Gasteiger partial charge in [0.05, 0.1) is 5.69 Å². The fourth-order valence-corrected chi connectivity index (χ4v) is 5.21. The fourth-order valence-electron chi connectivity index (χ4n) is 5.21. The number of aromatic nitrogens is 5. The predicted octanol–water partition coefficient (Wildman–Crippen LogP) is 4.92. The summed E-state index contributed by atoms with van der Waals surface area (Å²) in [6.07, 6.45) is 2.66. The lowest BCUT2D eigenvalue weighted by Gasteiger charge is -2.24. The van der Waals surface area contributed by atoms with Gasteiger partial charge in [0.25, 0.3) is 5.91 Å². The van der Waals surface area contributed by atoms with Crippen molar-refractivity contribution < 1.29 is 23.5 Å². The van der Waals surface area contributed by atoms with Crippen LogP contribution in [0.4, 0.5) is 26.5 Å². The third-order valence-corrected chi connectivity index (χ3v) is 7.41. The van der Waals surface area contributed by atoms with Gasteiger partial charge in [-0.25, -0.2) is 24.1 Å². The Morgan fingerprint density at radius 3 is 2.46 bits per heavy atom. The van der Waals surface area contributed by atoms with Gasteiger partial charge in [-0.3, -0.25) is 19.6 Å². The molecule has 0 saturated heterocycles. The quantitative estimate of drug-likeness (QED) is 0.303. The molecule has 0 unspecified atom stereocenters. The van der Waals surface area contributed by atoms with Crippen molar-refractivity contribution >= 4 is 46.0 Å².